The molecule has 2 heterocycles. The maximum atomic E-state index is 12.8. The van der Waals surface area contributed by atoms with Crippen LogP contribution in [-0.2, 0) is 10.5 Å². The molecule has 1 aromatic carbocycles. The predicted molar refractivity (Wildman–Crippen MR) is 71.8 cm³/mol. The average molecular weight is 295 g/mol. The second kappa shape index (κ2) is 5.90. The largest absolute Gasteiger partial charge is 0.379 e. The van der Waals surface area contributed by atoms with Crippen LogP contribution in [-0.4, -0.2) is 29.4 Å². The summed E-state index contributed by atoms with van der Waals surface area (Å²) in [6.45, 7) is 1.04. The molecule has 0 saturated carbocycles. The van der Waals surface area contributed by atoms with E-state index in [1.54, 1.807) is 12.1 Å². The third kappa shape index (κ3) is 3.00. The van der Waals surface area contributed by atoms with E-state index < -0.39 is 0 Å². The summed E-state index contributed by atoms with van der Waals surface area (Å²) >= 11 is 1.52. The van der Waals surface area contributed by atoms with Gasteiger partial charge < -0.3 is 15.0 Å². The van der Waals surface area contributed by atoms with Crippen LogP contribution in [0.25, 0.3) is 0 Å². The summed E-state index contributed by atoms with van der Waals surface area (Å²) in [6.07, 6.45) is 0. The van der Waals surface area contributed by atoms with Gasteiger partial charge in [-0.3, -0.25) is 0 Å². The molecule has 2 atom stereocenters. The fraction of sp³-hybridized carbons (Fsp3) is 0.385. The normalized spacial score (nSPS) is 22.3. The maximum absolute atomic E-state index is 12.8. The summed E-state index contributed by atoms with van der Waals surface area (Å²) in [6, 6.07) is 6.22. The molecule has 1 aromatic heterocycles. The van der Waals surface area contributed by atoms with Gasteiger partial charge in [0.15, 0.2) is 5.82 Å². The van der Waals surface area contributed by atoms with Crippen LogP contribution in [0.15, 0.2) is 33.7 Å². The summed E-state index contributed by atoms with van der Waals surface area (Å²) in [5, 5.41) is 3.94. The Balaban J connectivity index is 1.61. The SMILES string of the molecule is NC1COCC1c1nc(CSc2ccc(F)cc2)no1. The number of rotatable bonds is 4. The third-order valence-electron chi connectivity index (χ3n) is 3.11. The molecule has 5 nitrogen and oxygen atoms in total. The first-order chi connectivity index (χ1) is 9.72. The van der Waals surface area contributed by atoms with Crippen LogP contribution in [0, 0.1) is 5.82 Å². The molecule has 3 rings (SSSR count). The number of nitrogens with two attached hydrogens (primary N) is 1. The van der Waals surface area contributed by atoms with Gasteiger partial charge in [0.05, 0.1) is 24.9 Å². The van der Waals surface area contributed by atoms with E-state index in [1.807, 2.05) is 0 Å². The highest BCUT2D eigenvalue weighted by Gasteiger charge is 2.31. The maximum Gasteiger partial charge on any atom is 0.233 e. The predicted octanol–water partition coefficient (Wildman–Crippen LogP) is 1.94. The number of nitrogens with zero attached hydrogens (tertiary/aromatic N) is 2. The highest BCUT2D eigenvalue weighted by molar-refractivity contribution is 7.98. The first-order valence-electron chi connectivity index (χ1n) is 6.26. The molecule has 0 amide bonds. The lowest BCUT2D eigenvalue weighted by Gasteiger charge is -2.06. The van der Waals surface area contributed by atoms with Crippen LogP contribution in [0.5, 0.6) is 0 Å². The Morgan fingerprint density at radius 3 is 2.80 bits per heavy atom. The van der Waals surface area contributed by atoms with Crippen molar-refractivity contribution in [1.82, 2.24) is 10.1 Å². The number of thioether (sulfide) groups is 1. The Kier molecular flexibility index (Phi) is 4.00. The lowest BCUT2D eigenvalue weighted by Crippen LogP contribution is -2.27. The molecule has 0 bridgehead atoms. The smallest absolute Gasteiger partial charge is 0.233 e. The molecule has 2 N–H and O–H groups in total. The van der Waals surface area contributed by atoms with Crippen molar-refractivity contribution in [3.05, 3.63) is 41.8 Å². The third-order valence-corrected chi connectivity index (χ3v) is 4.12. The molecule has 0 spiro atoms. The van der Waals surface area contributed by atoms with Gasteiger partial charge in [-0.1, -0.05) is 5.16 Å². The zero-order valence-electron chi connectivity index (χ0n) is 10.7. The summed E-state index contributed by atoms with van der Waals surface area (Å²) in [5.74, 6) is 1.44. The van der Waals surface area contributed by atoms with Gasteiger partial charge >= 0.3 is 0 Å². The highest BCUT2D eigenvalue weighted by atomic mass is 32.2. The van der Waals surface area contributed by atoms with Crippen molar-refractivity contribution in [3.8, 4) is 0 Å². The highest BCUT2D eigenvalue weighted by Crippen LogP contribution is 2.25. The van der Waals surface area contributed by atoms with Gasteiger partial charge in [-0.2, -0.15) is 4.98 Å². The molecule has 1 aliphatic rings. The number of aromatic nitrogens is 2. The minimum absolute atomic E-state index is 0.0212. The summed E-state index contributed by atoms with van der Waals surface area (Å²) < 4.78 is 23.3. The average Bonchev–Trinajstić information content (AvgIpc) is 3.06. The lowest BCUT2D eigenvalue weighted by atomic mass is 10.1. The fourth-order valence-corrected chi connectivity index (χ4v) is 2.72. The van der Waals surface area contributed by atoms with E-state index in [0.29, 0.717) is 30.7 Å². The first-order valence-corrected chi connectivity index (χ1v) is 7.25. The number of benzene rings is 1. The Morgan fingerprint density at radius 2 is 2.10 bits per heavy atom. The van der Waals surface area contributed by atoms with Crippen LogP contribution in [0.3, 0.4) is 0 Å². The standard InChI is InChI=1S/C13H14FN3O2S/c14-8-1-3-9(4-2-8)20-7-12-16-13(19-17-12)10-5-18-6-11(10)15/h1-4,10-11H,5-7,15H2. The van der Waals surface area contributed by atoms with Crippen molar-refractivity contribution in [2.45, 2.75) is 22.6 Å². The summed E-state index contributed by atoms with van der Waals surface area (Å²) in [4.78, 5) is 5.30. The minimum atomic E-state index is -0.244. The van der Waals surface area contributed by atoms with Crippen molar-refractivity contribution in [1.29, 1.82) is 0 Å². The van der Waals surface area contributed by atoms with Crippen LogP contribution in [0.2, 0.25) is 0 Å². The minimum Gasteiger partial charge on any atom is -0.379 e. The molecule has 20 heavy (non-hydrogen) atoms. The van der Waals surface area contributed by atoms with Gasteiger partial charge in [-0.15, -0.1) is 11.8 Å². The van der Waals surface area contributed by atoms with Crippen LogP contribution < -0.4 is 5.73 Å². The lowest BCUT2D eigenvalue weighted by molar-refractivity contribution is 0.187. The number of hydrogen-bond donors (Lipinski definition) is 1. The molecular weight excluding hydrogens is 281 g/mol. The molecule has 106 valence electrons. The Labute approximate surface area is 119 Å². The molecule has 1 fully saturated rings. The second-order valence-electron chi connectivity index (χ2n) is 4.60. The molecule has 0 aliphatic carbocycles. The van der Waals surface area contributed by atoms with Gasteiger partial charge in [0, 0.05) is 10.9 Å². The van der Waals surface area contributed by atoms with E-state index in [2.05, 4.69) is 10.1 Å². The number of halogens is 1. The zero-order chi connectivity index (χ0) is 13.9. The molecular formula is C13H14FN3O2S. The second-order valence-corrected chi connectivity index (χ2v) is 5.65. The Bertz CT molecular complexity index is 575. The number of ether oxygens (including phenoxy) is 1. The molecule has 2 unspecified atom stereocenters. The van der Waals surface area contributed by atoms with Crippen LogP contribution in [0.4, 0.5) is 4.39 Å². The molecule has 0 radical (unpaired) electrons. The Morgan fingerprint density at radius 1 is 1.30 bits per heavy atom. The summed E-state index contributed by atoms with van der Waals surface area (Å²) in [5.41, 5.74) is 5.91. The van der Waals surface area contributed by atoms with Crippen molar-refractivity contribution in [2.24, 2.45) is 5.73 Å². The van der Waals surface area contributed by atoms with E-state index in [1.165, 1.54) is 23.9 Å². The Hall–Kier alpha value is -1.44. The molecule has 2 aromatic rings. The quantitative estimate of drug-likeness (QED) is 0.869. The summed E-state index contributed by atoms with van der Waals surface area (Å²) in [7, 11) is 0. The van der Waals surface area contributed by atoms with E-state index >= 15 is 0 Å². The van der Waals surface area contributed by atoms with E-state index in [9.17, 15) is 4.39 Å². The number of hydrogen-bond acceptors (Lipinski definition) is 6. The van der Waals surface area contributed by atoms with E-state index in [-0.39, 0.29) is 17.8 Å². The topological polar surface area (TPSA) is 74.2 Å². The first kappa shape index (κ1) is 13.5. The van der Waals surface area contributed by atoms with Gasteiger partial charge in [-0.05, 0) is 24.3 Å². The van der Waals surface area contributed by atoms with E-state index in [4.69, 9.17) is 15.0 Å². The fourth-order valence-electron chi connectivity index (χ4n) is 1.98. The van der Waals surface area contributed by atoms with Crippen molar-refractivity contribution in [3.63, 3.8) is 0 Å². The van der Waals surface area contributed by atoms with Gasteiger partial charge in [-0.25, -0.2) is 4.39 Å². The van der Waals surface area contributed by atoms with Gasteiger partial charge in [0.25, 0.3) is 0 Å². The van der Waals surface area contributed by atoms with Gasteiger partial charge in [0.1, 0.15) is 5.82 Å². The monoisotopic (exact) mass is 295 g/mol. The molecule has 1 saturated heterocycles. The van der Waals surface area contributed by atoms with Crippen molar-refractivity contribution < 1.29 is 13.7 Å². The molecule has 7 heteroatoms. The zero-order valence-corrected chi connectivity index (χ0v) is 11.5. The van der Waals surface area contributed by atoms with E-state index in [0.717, 1.165) is 4.90 Å². The van der Waals surface area contributed by atoms with Crippen molar-refractivity contribution >= 4 is 11.8 Å². The van der Waals surface area contributed by atoms with Crippen LogP contribution in [0.1, 0.15) is 17.6 Å². The van der Waals surface area contributed by atoms with Gasteiger partial charge in [0.2, 0.25) is 5.89 Å². The van der Waals surface area contributed by atoms with Crippen molar-refractivity contribution in [2.75, 3.05) is 13.2 Å². The van der Waals surface area contributed by atoms with Crippen LogP contribution >= 0.6 is 11.8 Å². The molecule has 1 aliphatic heterocycles.